The normalized spacial score (nSPS) is 10.6. The molecule has 0 atom stereocenters. The summed E-state index contributed by atoms with van der Waals surface area (Å²) in [7, 11) is 1.48. The summed E-state index contributed by atoms with van der Waals surface area (Å²) in [6, 6.07) is 19.3. The molecule has 1 aromatic heterocycles. The predicted octanol–water partition coefficient (Wildman–Crippen LogP) is 4.69. The van der Waals surface area contributed by atoms with Crippen molar-refractivity contribution in [2.75, 3.05) is 19.0 Å². The lowest BCUT2D eigenvalue weighted by atomic mass is 10.1. The first kappa shape index (κ1) is 20.4. The molecule has 0 fully saturated rings. The summed E-state index contributed by atoms with van der Waals surface area (Å²) in [6.07, 6.45) is 0. The molecule has 7 nitrogen and oxygen atoms in total. The lowest BCUT2D eigenvalue weighted by Crippen LogP contribution is -2.21. The molecule has 4 aromatic rings. The molecule has 0 aliphatic rings. The number of fused-ring (bicyclic) bond motifs is 1. The molecule has 0 radical (unpaired) electrons. The van der Waals surface area contributed by atoms with Crippen molar-refractivity contribution in [1.82, 2.24) is 9.97 Å². The number of ether oxygens (including phenoxy) is 2. The van der Waals surface area contributed by atoms with Crippen LogP contribution in [0.5, 0.6) is 5.75 Å². The number of H-pyrrole nitrogens is 1. The molecule has 0 saturated carbocycles. The minimum atomic E-state index is -0.635. The molecule has 0 bridgehead atoms. The van der Waals surface area contributed by atoms with Crippen molar-refractivity contribution in [3.8, 4) is 17.1 Å². The van der Waals surface area contributed by atoms with Crippen LogP contribution in [-0.2, 0) is 9.53 Å². The van der Waals surface area contributed by atoms with Gasteiger partial charge in [0.1, 0.15) is 11.6 Å². The summed E-state index contributed by atoms with van der Waals surface area (Å²) in [4.78, 5) is 32.7. The van der Waals surface area contributed by atoms with E-state index >= 15 is 0 Å². The zero-order valence-electron chi connectivity index (χ0n) is 16.5. The fourth-order valence-electron chi connectivity index (χ4n) is 3.12. The minimum absolute atomic E-state index is 0.301. The second kappa shape index (κ2) is 8.89. The number of aromatic nitrogens is 2. The van der Waals surface area contributed by atoms with Gasteiger partial charge in [0.2, 0.25) is 0 Å². The highest BCUT2D eigenvalue weighted by molar-refractivity contribution is 6.31. The fraction of sp³-hybridized carbons (Fsp3) is 0.0870. The molecule has 31 heavy (non-hydrogen) atoms. The van der Waals surface area contributed by atoms with Crippen LogP contribution in [-0.4, -0.2) is 35.6 Å². The van der Waals surface area contributed by atoms with Crippen molar-refractivity contribution in [1.29, 1.82) is 0 Å². The van der Waals surface area contributed by atoms with Crippen molar-refractivity contribution < 1.29 is 19.1 Å². The van der Waals surface area contributed by atoms with Gasteiger partial charge < -0.3 is 19.8 Å². The first-order valence-electron chi connectivity index (χ1n) is 9.40. The van der Waals surface area contributed by atoms with Crippen LogP contribution in [0.2, 0.25) is 5.02 Å². The Balaban J connectivity index is 1.48. The number of amides is 1. The van der Waals surface area contributed by atoms with E-state index in [0.29, 0.717) is 33.4 Å². The van der Waals surface area contributed by atoms with E-state index in [1.807, 2.05) is 24.3 Å². The number of hydrogen-bond acceptors (Lipinski definition) is 5. The molecule has 2 N–H and O–H groups in total. The van der Waals surface area contributed by atoms with Crippen LogP contribution in [0.3, 0.4) is 0 Å². The van der Waals surface area contributed by atoms with E-state index in [-0.39, 0.29) is 0 Å². The third-order valence-electron chi connectivity index (χ3n) is 4.56. The topological polar surface area (TPSA) is 93.3 Å². The first-order valence-corrected chi connectivity index (χ1v) is 9.77. The Kier molecular flexibility index (Phi) is 5.86. The summed E-state index contributed by atoms with van der Waals surface area (Å²) in [6.45, 7) is -0.469. The maximum absolute atomic E-state index is 12.7. The fourth-order valence-corrected chi connectivity index (χ4v) is 3.29. The van der Waals surface area contributed by atoms with Gasteiger partial charge in [-0.15, -0.1) is 0 Å². The maximum Gasteiger partial charge on any atom is 0.339 e. The molecule has 1 amide bonds. The Labute approximate surface area is 183 Å². The van der Waals surface area contributed by atoms with Crippen LogP contribution >= 0.6 is 11.6 Å². The van der Waals surface area contributed by atoms with Crippen molar-refractivity contribution in [2.45, 2.75) is 0 Å². The van der Waals surface area contributed by atoms with E-state index in [2.05, 4.69) is 15.3 Å². The lowest BCUT2D eigenvalue weighted by molar-refractivity contribution is -0.119. The zero-order valence-corrected chi connectivity index (χ0v) is 17.3. The average Bonchev–Trinajstić information content (AvgIpc) is 3.22. The van der Waals surface area contributed by atoms with Crippen LogP contribution in [0.15, 0.2) is 66.7 Å². The molecule has 0 unspecified atom stereocenters. The minimum Gasteiger partial charge on any atom is -0.495 e. The standard InChI is InChI=1S/C23H18ClN3O4/c1-30-20-11-10-14(24)12-19(20)25-21(28)13-31-23(29)16-7-3-2-6-15(16)22-26-17-8-4-5-9-18(17)27-22/h2-12H,13H2,1H3,(H,25,28)(H,26,27). The average molecular weight is 436 g/mol. The van der Waals surface area contributed by atoms with Crippen LogP contribution in [0.25, 0.3) is 22.4 Å². The van der Waals surface area contributed by atoms with Crippen LogP contribution in [0, 0.1) is 0 Å². The van der Waals surface area contributed by atoms with Gasteiger partial charge in [-0.05, 0) is 36.4 Å². The largest absolute Gasteiger partial charge is 0.495 e. The quantitative estimate of drug-likeness (QED) is 0.428. The number of methoxy groups -OCH3 is 1. The number of carbonyl (C=O) groups excluding carboxylic acids is 2. The van der Waals surface area contributed by atoms with Gasteiger partial charge in [-0.2, -0.15) is 0 Å². The molecule has 0 aliphatic heterocycles. The number of anilines is 1. The Hall–Kier alpha value is -3.84. The third kappa shape index (κ3) is 4.51. The number of nitrogens with zero attached hydrogens (tertiary/aromatic N) is 1. The van der Waals surface area contributed by atoms with Crippen LogP contribution in [0.4, 0.5) is 5.69 Å². The summed E-state index contributed by atoms with van der Waals surface area (Å²) in [5, 5.41) is 3.07. The second-order valence-corrected chi connectivity index (χ2v) is 7.05. The highest BCUT2D eigenvalue weighted by Crippen LogP contribution is 2.28. The van der Waals surface area contributed by atoms with E-state index in [0.717, 1.165) is 11.0 Å². The molecule has 3 aromatic carbocycles. The van der Waals surface area contributed by atoms with E-state index in [1.54, 1.807) is 42.5 Å². The highest BCUT2D eigenvalue weighted by Gasteiger charge is 2.18. The van der Waals surface area contributed by atoms with E-state index in [1.165, 1.54) is 7.11 Å². The number of carbonyl (C=O) groups is 2. The Morgan fingerprint density at radius 2 is 1.84 bits per heavy atom. The lowest BCUT2D eigenvalue weighted by Gasteiger charge is -2.11. The molecule has 8 heteroatoms. The van der Waals surface area contributed by atoms with Gasteiger partial charge in [0, 0.05) is 10.6 Å². The maximum atomic E-state index is 12.7. The molecule has 0 aliphatic carbocycles. The zero-order chi connectivity index (χ0) is 21.8. The van der Waals surface area contributed by atoms with E-state index < -0.39 is 18.5 Å². The molecule has 156 valence electrons. The van der Waals surface area contributed by atoms with Gasteiger partial charge in [0.25, 0.3) is 5.91 Å². The smallest absolute Gasteiger partial charge is 0.339 e. The van der Waals surface area contributed by atoms with Crippen molar-refractivity contribution in [3.05, 3.63) is 77.3 Å². The number of nitrogens with one attached hydrogen (secondary N) is 2. The number of halogens is 1. The Morgan fingerprint density at radius 3 is 2.65 bits per heavy atom. The van der Waals surface area contributed by atoms with Gasteiger partial charge in [0.15, 0.2) is 6.61 Å². The number of imidazole rings is 1. The van der Waals surface area contributed by atoms with E-state index in [4.69, 9.17) is 21.1 Å². The van der Waals surface area contributed by atoms with E-state index in [9.17, 15) is 9.59 Å². The molecular weight excluding hydrogens is 418 g/mol. The van der Waals surface area contributed by atoms with Crippen LogP contribution < -0.4 is 10.1 Å². The number of hydrogen-bond donors (Lipinski definition) is 2. The first-order chi connectivity index (χ1) is 15.0. The second-order valence-electron chi connectivity index (χ2n) is 6.62. The number of aromatic amines is 1. The monoisotopic (exact) mass is 435 g/mol. The van der Waals surface area contributed by atoms with Gasteiger partial charge in [-0.25, -0.2) is 9.78 Å². The summed E-state index contributed by atoms with van der Waals surface area (Å²) < 4.78 is 10.4. The van der Waals surface area contributed by atoms with Gasteiger partial charge in [0.05, 0.1) is 29.4 Å². The SMILES string of the molecule is COc1ccc(Cl)cc1NC(=O)COC(=O)c1ccccc1-c1nc2ccccc2[nH]1. The number of para-hydroxylation sites is 2. The molecule has 0 saturated heterocycles. The third-order valence-corrected chi connectivity index (χ3v) is 4.80. The molecule has 1 heterocycles. The Morgan fingerprint density at radius 1 is 1.06 bits per heavy atom. The predicted molar refractivity (Wildman–Crippen MR) is 118 cm³/mol. The number of rotatable bonds is 6. The summed E-state index contributed by atoms with van der Waals surface area (Å²) >= 11 is 5.97. The number of esters is 1. The molecule has 0 spiro atoms. The Bertz CT molecular complexity index is 1240. The molecule has 4 rings (SSSR count). The highest BCUT2D eigenvalue weighted by atomic mass is 35.5. The van der Waals surface area contributed by atoms with Gasteiger partial charge >= 0.3 is 5.97 Å². The summed E-state index contributed by atoms with van der Waals surface area (Å²) in [5.74, 6) is -0.166. The van der Waals surface area contributed by atoms with Crippen molar-refractivity contribution in [2.24, 2.45) is 0 Å². The van der Waals surface area contributed by atoms with Gasteiger partial charge in [-0.3, -0.25) is 4.79 Å². The van der Waals surface area contributed by atoms with Gasteiger partial charge in [-0.1, -0.05) is 41.9 Å². The van der Waals surface area contributed by atoms with Crippen molar-refractivity contribution >= 4 is 40.2 Å². The van der Waals surface area contributed by atoms with Crippen LogP contribution in [0.1, 0.15) is 10.4 Å². The molecular formula is C23H18ClN3O4. The summed E-state index contributed by atoms with van der Waals surface area (Å²) in [5.41, 5.74) is 2.92. The number of benzene rings is 3. The van der Waals surface area contributed by atoms with Crippen molar-refractivity contribution in [3.63, 3.8) is 0 Å².